The Hall–Kier alpha value is -1.58. The Balaban J connectivity index is 2.39. The summed E-state index contributed by atoms with van der Waals surface area (Å²) in [5.74, 6) is -0.0690. The monoisotopic (exact) mass is 207 g/mol. The van der Waals surface area contributed by atoms with E-state index in [0.717, 1.165) is 25.1 Å². The van der Waals surface area contributed by atoms with Crippen molar-refractivity contribution >= 4 is 11.6 Å². The van der Waals surface area contributed by atoms with Crippen molar-refractivity contribution in [1.82, 2.24) is 9.78 Å². The van der Waals surface area contributed by atoms with E-state index in [1.165, 1.54) is 6.92 Å². The van der Waals surface area contributed by atoms with Crippen LogP contribution in [0.2, 0.25) is 0 Å². The van der Waals surface area contributed by atoms with Gasteiger partial charge >= 0.3 is 0 Å². The lowest BCUT2D eigenvalue weighted by molar-refractivity contribution is -0.114. The number of nitrogens with zero attached hydrogens (tertiary/aromatic N) is 2. The molecule has 0 bridgehead atoms. The number of anilines is 1. The molecule has 4 nitrogen and oxygen atoms in total. The molecule has 0 aromatic carbocycles. The van der Waals surface area contributed by atoms with E-state index in [1.807, 2.05) is 10.9 Å². The third-order valence-electron chi connectivity index (χ3n) is 1.88. The van der Waals surface area contributed by atoms with Crippen molar-refractivity contribution in [3.8, 4) is 0 Å². The minimum absolute atomic E-state index is 0.0690. The van der Waals surface area contributed by atoms with Gasteiger partial charge < -0.3 is 5.32 Å². The molecule has 0 unspecified atom stereocenters. The maximum absolute atomic E-state index is 10.8. The SMILES string of the molecule is CCC=CCCn1cc(NC(C)=O)cn1. The first-order valence-electron chi connectivity index (χ1n) is 5.17. The van der Waals surface area contributed by atoms with Crippen LogP contribution >= 0.6 is 0 Å². The molecule has 0 fully saturated rings. The van der Waals surface area contributed by atoms with Crippen LogP contribution in [0, 0.1) is 0 Å². The number of carbonyl (C=O) groups excluding carboxylic acids is 1. The Morgan fingerprint density at radius 3 is 3.07 bits per heavy atom. The smallest absolute Gasteiger partial charge is 0.221 e. The fourth-order valence-electron chi connectivity index (χ4n) is 1.24. The largest absolute Gasteiger partial charge is 0.324 e. The zero-order valence-corrected chi connectivity index (χ0v) is 9.23. The van der Waals surface area contributed by atoms with Crippen LogP contribution in [0.25, 0.3) is 0 Å². The summed E-state index contributed by atoms with van der Waals surface area (Å²) in [4.78, 5) is 10.8. The first kappa shape index (κ1) is 11.5. The molecule has 0 radical (unpaired) electrons. The van der Waals surface area contributed by atoms with Gasteiger partial charge in [-0.2, -0.15) is 5.10 Å². The molecule has 0 saturated carbocycles. The Labute approximate surface area is 90.0 Å². The number of hydrogen-bond acceptors (Lipinski definition) is 2. The van der Waals surface area contributed by atoms with Crippen LogP contribution in [0.1, 0.15) is 26.7 Å². The summed E-state index contributed by atoms with van der Waals surface area (Å²) in [6.07, 6.45) is 9.80. The molecule has 4 heteroatoms. The first-order chi connectivity index (χ1) is 7.22. The maximum atomic E-state index is 10.8. The summed E-state index contributed by atoms with van der Waals surface area (Å²) in [6.45, 7) is 4.44. The molecule has 1 aromatic heterocycles. The van der Waals surface area contributed by atoms with Crippen LogP contribution in [0.5, 0.6) is 0 Å². The summed E-state index contributed by atoms with van der Waals surface area (Å²) in [6, 6.07) is 0. The second-order valence-electron chi connectivity index (χ2n) is 3.34. The highest BCUT2D eigenvalue weighted by molar-refractivity contribution is 5.88. The van der Waals surface area contributed by atoms with Crippen LogP contribution in [-0.2, 0) is 11.3 Å². The van der Waals surface area contributed by atoms with Crippen LogP contribution < -0.4 is 5.32 Å². The number of amides is 1. The first-order valence-corrected chi connectivity index (χ1v) is 5.17. The molecule has 1 N–H and O–H groups in total. The summed E-state index contributed by atoms with van der Waals surface area (Å²) in [7, 11) is 0. The van der Waals surface area contributed by atoms with E-state index in [4.69, 9.17) is 0 Å². The fourth-order valence-corrected chi connectivity index (χ4v) is 1.24. The van der Waals surface area contributed by atoms with Crippen molar-refractivity contribution in [2.24, 2.45) is 0 Å². The number of carbonyl (C=O) groups is 1. The van der Waals surface area contributed by atoms with Gasteiger partial charge in [0.2, 0.25) is 5.91 Å². The topological polar surface area (TPSA) is 46.9 Å². The van der Waals surface area contributed by atoms with Crippen molar-refractivity contribution in [3.05, 3.63) is 24.5 Å². The van der Waals surface area contributed by atoms with E-state index in [0.29, 0.717) is 0 Å². The molecule has 1 aromatic rings. The van der Waals surface area contributed by atoms with Crippen molar-refractivity contribution in [3.63, 3.8) is 0 Å². The predicted molar refractivity (Wildman–Crippen MR) is 60.6 cm³/mol. The van der Waals surface area contributed by atoms with Crippen LogP contribution in [0.4, 0.5) is 5.69 Å². The summed E-state index contributed by atoms with van der Waals surface area (Å²) in [5.41, 5.74) is 0.752. The van der Waals surface area contributed by atoms with Crippen molar-refractivity contribution < 1.29 is 4.79 Å². The number of nitrogens with one attached hydrogen (secondary N) is 1. The van der Waals surface area contributed by atoms with Crippen LogP contribution in [-0.4, -0.2) is 15.7 Å². The van der Waals surface area contributed by atoms with Gasteiger partial charge in [-0.3, -0.25) is 9.48 Å². The summed E-state index contributed by atoms with van der Waals surface area (Å²) < 4.78 is 1.82. The minimum Gasteiger partial charge on any atom is -0.324 e. The second-order valence-corrected chi connectivity index (χ2v) is 3.34. The Morgan fingerprint density at radius 1 is 1.60 bits per heavy atom. The molecular formula is C11H17N3O. The second kappa shape index (κ2) is 6.01. The standard InChI is InChI=1S/C11H17N3O/c1-3-4-5-6-7-14-9-11(8-12-14)13-10(2)15/h4-5,8-9H,3,6-7H2,1-2H3,(H,13,15). The third-order valence-corrected chi connectivity index (χ3v) is 1.88. The van der Waals surface area contributed by atoms with Crippen LogP contribution in [0.15, 0.2) is 24.5 Å². The van der Waals surface area contributed by atoms with Gasteiger partial charge in [-0.15, -0.1) is 0 Å². The fraction of sp³-hybridized carbons (Fsp3) is 0.455. The minimum atomic E-state index is -0.0690. The number of aryl methyl sites for hydroxylation is 1. The van der Waals surface area contributed by atoms with Crippen molar-refractivity contribution in [2.75, 3.05) is 5.32 Å². The third kappa shape index (κ3) is 4.44. The molecule has 0 aliphatic heterocycles. The molecule has 15 heavy (non-hydrogen) atoms. The number of rotatable bonds is 5. The number of aromatic nitrogens is 2. The zero-order valence-electron chi connectivity index (χ0n) is 9.23. The van der Waals surface area contributed by atoms with E-state index in [-0.39, 0.29) is 5.91 Å². The number of allylic oxidation sites excluding steroid dienone is 2. The van der Waals surface area contributed by atoms with Crippen LogP contribution in [0.3, 0.4) is 0 Å². The van der Waals surface area contributed by atoms with Gasteiger partial charge in [0.05, 0.1) is 11.9 Å². The zero-order chi connectivity index (χ0) is 11.1. The van der Waals surface area contributed by atoms with E-state index in [1.54, 1.807) is 6.20 Å². The highest BCUT2D eigenvalue weighted by atomic mass is 16.1. The average Bonchev–Trinajstić information content (AvgIpc) is 2.59. The molecule has 0 aliphatic carbocycles. The predicted octanol–water partition coefficient (Wildman–Crippen LogP) is 2.20. The molecule has 0 saturated heterocycles. The van der Waals surface area contributed by atoms with Gasteiger partial charge in [-0.25, -0.2) is 0 Å². The average molecular weight is 207 g/mol. The Kier molecular flexibility index (Phi) is 4.60. The normalized spacial score (nSPS) is 10.8. The summed E-state index contributed by atoms with van der Waals surface area (Å²) in [5, 5.41) is 6.82. The molecule has 0 spiro atoms. The lowest BCUT2D eigenvalue weighted by Gasteiger charge is -1.97. The lowest BCUT2D eigenvalue weighted by atomic mass is 10.3. The van der Waals surface area contributed by atoms with Gasteiger partial charge in [-0.1, -0.05) is 19.1 Å². The van der Waals surface area contributed by atoms with Gasteiger partial charge in [0.25, 0.3) is 0 Å². The van der Waals surface area contributed by atoms with E-state index in [2.05, 4.69) is 29.5 Å². The molecule has 1 heterocycles. The van der Waals surface area contributed by atoms with Gasteiger partial charge in [0, 0.05) is 19.7 Å². The van der Waals surface area contributed by atoms with Crippen molar-refractivity contribution in [2.45, 2.75) is 33.2 Å². The van der Waals surface area contributed by atoms with Gasteiger partial charge in [0.1, 0.15) is 0 Å². The molecule has 0 atom stereocenters. The molecule has 1 rings (SSSR count). The highest BCUT2D eigenvalue weighted by Gasteiger charge is 1.98. The lowest BCUT2D eigenvalue weighted by Crippen LogP contribution is -2.04. The van der Waals surface area contributed by atoms with E-state index in [9.17, 15) is 4.79 Å². The van der Waals surface area contributed by atoms with E-state index < -0.39 is 0 Å². The highest BCUT2D eigenvalue weighted by Crippen LogP contribution is 2.05. The quantitative estimate of drug-likeness (QED) is 0.752. The number of hydrogen-bond donors (Lipinski definition) is 1. The molecule has 1 amide bonds. The van der Waals surface area contributed by atoms with Crippen molar-refractivity contribution in [1.29, 1.82) is 0 Å². The van der Waals surface area contributed by atoms with Gasteiger partial charge in [-0.05, 0) is 12.8 Å². The molecule has 82 valence electrons. The maximum Gasteiger partial charge on any atom is 0.221 e. The van der Waals surface area contributed by atoms with Gasteiger partial charge in [0.15, 0.2) is 0 Å². The Bertz CT molecular complexity index is 341. The summed E-state index contributed by atoms with van der Waals surface area (Å²) >= 11 is 0. The molecular weight excluding hydrogens is 190 g/mol. The van der Waals surface area contributed by atoms with E-state index >= 15 is 0 Å². The molecule has 0 aliphatic rings. The Morgan fingerprint density at radius 2 is 2.40 bits per heavy atom.